The lowest BCUT2D eigenvalue weighted by Crippen LogP contribution is -2.42. The summed E-state index contributed by atoms with van der Waals surface area (Å²) in [6, 6.07) is 0. The van der Waals surface area contributed by atoms with E-state index in [4.69, 9.17) is 0 Å². The predicted octanol–water partition coefficient (Wildman–Crippen LogP) is 2.88. The van der Waals surface area contributed by atoms with E-state index < -0.39 is 27.9 Å². The van der Waals surface area contributed by atoms with Gasteiger partial charge in [0.05, 0.1) is 12.8 Å². The highest BCUT2D eigenvalue weighted by atomic mass is 32.2. The third-order valence-electron chi connectivity index (χ3n) is 1.90. The van der Waals surface area contributed by atoms with Gasteiger partial charge in [0, 0.05) is 0 Å². The first-order valence-corrected chi connectivity index (χ1v) is 6.14. The van der Waals surface area contributed by atoms with Crippen LogP contribution in [-0.2, 0) is 16.1 Å². The van der Waals surface area contributed by atoms with Gasteiger partial charge in [-0.1, -0.05) is 4.40 Å². The zero-order chi connectivity index (χ0) is 13.9. The van der Waals surface area contributed by atoms with E-state index in [2.05, 4.69) is 9.13 Å². The highest BCUT2D eigenvalue weighted by molar-refractivity contribution is 7.91. The Labute approximate surface area is 103 Å². The van der Waals surface area contributed by atoms with Crippen LogP contribution in [0.5, 0.6) is 0 Å². The van der Waals surface area contributed by atoms with Crippen molar-refractivity contribution >= 4 is 17.6 Å². The van der Waals surface area contributed by atoms with Crippen molar-refractivity contribution in [2.45, 2.75) is 51.1 Å². The van der Waals surface area contributed by atoms with Crippen molar-refractivity contribution < 1.29 is 22.5 Å². The molecule has 0 aliphatic heterocycles. The molecule has 0 bridgehead atoms. The van der Waals surface area contributed by atoms with Crippen LogP contribution in [0.3, 0.4) is 0 Å². The van der Waals surface area contributed by atoms with Gasteiger partial charge in [0.25, 0.3) is 0 Å². The molecule has 0 N–H and O–H groups in total. The molecule has 0 heterocycles. The smallest absolute Gasteiger partial charge is 0.416 e. The molecule has 0 radical (unpaired) electrons. The molecule has 0 spiro atoms. The number of rotatable bonds is 4. The normalized spacial score (nSPS) is 16.5. The summed E-state index contributed by atoms with van der Waals surface area (Å²) in [5.74, 6) is 0. The topological polar surface area (TPSA) is 44.7 Å². The van der Waals surface area contributed by atoms with Gasteiger partial charge in [0.1, 0.15) is 16.1 Å². The van der Waals surface area contributed by atoms with Crippen molar-refractivity contribution in [3.05, 3.63) is 0 Å². The Hall–Kier alpha value is -0.270. The van der Waals surface area contributed by atoms with Gasteiger partial charge in [-0.3, -0.25) is 0 Å². The molecule has 0 aliphatic rings. The van der Waals surface area contributed by atoms with Crippen LogP contribution in [0.15, 0.2) is 4.40 Å². The fourth-order valence-corrected chi connectivity index (χ4v) is 1.10. The molecule has 0 aromatic heterocycles. The summed E-state index contributed by atoms with van der Waals surface area (Å²) >= 11 is -1.48. The summed E-state index contributed by atoms with van der Waals surface area (Å²) < 4.78 is 56.3. The van der Waals surface area contributed by atoms with E-state index in [9.17, 15) is 17.7 Å². The first-order valence-electron chi connectivity index (χ1n) is 5.03. The average molecular weight is 273 g/mol. The summed E-state index contributed by atoms with van der Waals surface area (Å²) in [4.78, 5) is 0. The molecule has 7 heteroatoms. The molecule has 0 aromatic rings. The molecular weight excluding hydrogens is 255 g/mol. The zero-order valence-electron chi connectivity index (χ0n) is 10.6. The van der Waals surface area contributed by atoms with E-state index in [1.54, 1.807) is 20.8 Å². The second kappa shape index (κ2) is 5.58. The van der Waals surface area contributed by atoms with Crippen LogP contribution in [0.25, 0.3) is 0 Å². The fourth-order valence-electron chi connectivity index (χ4n) is 0.584. The quantitative estimate of drug-likeness (QED) is 0.584. The molecule has 17 heavy (non-hydrogen) atoms. The zero-order valence-corrected chi connectivity index (χ0v) is 11.4. The number of hydrogen-bond acceptors (Lipinski definition) is 3. The minimum absolute atomic E-state index is 0.325. The fraction of sp³-hybridized carbons (Fsp3) is 0.900. The van der Waals surface area contributed by atoms with E-state index in [1.165, 1.54) is 0 Å². The first kappa shape index (κ1) is 16.7. The Morgan fingerprint density at radius 1 is 1.18 bits per heavy atom. The highest BCUT2D eigenvalue weighted by Crippen LogP contribution is 2.32. The van der Waals surface area contributed by atoms with Crippen LogP contribution in [0.1, 0.15) is 34.6 Å². The van der Waals surface area contributed by atoms with Crippen LogP contribution in [0, 0.1) is 0 Å². The van der Waals surface area contributed by atoms with Gasteiger partial charge in [0.2, 0.25) is 0 Å². The van der Waals surface area contributed by atoms with Crippen LogP contribution in [0.2, 0.25) is 0 Å². The molecule has 3 nitrogen and oxygen atoms in total. The summed E-state index contributed by atoms with van der Waals surface area (Å²) in [6.45, 7) is 6.71. The van der Waals surface area contributed by atoms with Crippen molar-refractivity contribution in [2.75, 3.05) is 6.61 Å². The van der Waals surface area contributed by atoms with Crippen molar-refractivity contribution in [3.8, 4) is 0 Å². The lowest BCUT2D eigenvalue weighted by Gasteiger charge is -2.27. The molecule has 0 rings (SSSR count). The van der Waals surface area contributed by atoms with E-state index >= 15 is 0 Å². The molecule has 0 aromatic carbocycles. The average Bonchev–Trinajstić information content (AvgIpc) is 2.08. The number of nitrogens with zero attached hydrogens (tertiary/aromatic N) is 1. The van der Waals surface area contributed by atoms with Crippen LogP contribution in [0.4, 0.5) is 13.2 Å². The maximum Gasteiger partial charge on any atom is 0.416 e. The Balaban J connectivity index is 4.22. The predicted molar refractivity (Wildman–Crippen MR) is 62.5 cm³/mol. The monoisotopic (exact) mass is 273 g/mol. The van der Waals surface area contributed by atoms with Crippen molar-refractivity contribution in [1.29, 1.82) is 0 Å². The van der Waals surface area contributed by atoms with Crippen LogP contribution in [-0.4, -0.2) is 33.9 Å². The van der Waals surface area contributed by atoms with Crippen molar-refractivity contribution in [2.24, 2.45) is 4.40 Å². The summed E-state index contributed by atoms with van der Waals surface area (Å²) in [6.07, 6.45) is -3.33. The van der Waals surface area contributed by atoms with Gasteiger partial charge < -0.3 is 9.29 Å². The van der Waals surface area contributed by atoms with E-state index in [-0.39, 0.29) is 6.61 Å². The van der Waals surface area contributed by atoms with E-state index in [0.717, 1.165) is 20.1 Å². The molecule has 1 atom stereocenters. The minimum Gasteiger partial charge on any atom is -0.591 e. The van der Waals surface area contributed by atoms with E-state index in [0.29, 0.717) is 0 Å². The number of hydrogen-bond donors (Lipinski definition) is 0. The van der Waals surface area contributed by atoms with Crippen LogP contribution < -0.4 is 0 Å². The second-order valence-electron chi connectivity index (χ2n) is 4.97. The van der Waals surface area contributed by atoms with Gasteiger partial charge >= 0.3 is 6.18 Å². The molecule has 1 unspecified atom stereocenters. The van der Waals surface area contributed by atoms with Gasteiger partial charge in [-0.25, -0.2) is 0 Å². The summed E-state index contributed by atoms with van der Waals surface area (Å²) in [5, 5.41) is 0. The van der Waals surface area contributed by atoms with Gasteiger partial charge in [0.15, 0.2) is 5.60 Å². The van der Waals surface area contributed by atoms with Crippen LogP contribution >= 0.6 is 0 Å². The number of halogens is 3. The van der Waals surface area contributed by atoms with Gasteiger partial charge in [-0.2, -0.15) is 13.2 Å². The maximum absolute atomic E-state index is 12.4. The van der Waals surface area contributed by atoms with Crippen molar-refractivity contribution in [1.82, 2.24) is 0 Å². The summed E-state index contributed by atoms with van der Waals surface area (Å²) in [7, 11) is 0. The third kappa shape index (κ3) is 5.74. The number of alkyl halides is 3. The first-order chi connectivity index (χ1) is 7.38. The lowest BCUT2D eigenvalue weighted by atomic mass is 10.1. The Morgan fingerprint density at radius 2 is 1.65 bits per heavy atom. The Kier molecular flexibility index (Phi) is 5.49. The van der Waals surface area contributed by atoms with Crippen molar-refractivity contribution in [3.63, 3.8) is 0 Å². The molecule has 0 aliphatic carbocycles. The highest BCUT2D eigenvalue weighted by Gasteiger charge is 2.48. The molecular formula is C10H18F3NO2S. The molecule has 102 valence electrons. The second-order valence-corrected chi connectivity index (χ2v) is 6.90. The minimum atomic E-state index is -4.44. The van der Waals surface area contributed by atoms with Gasteiger partial charge in [-0.15, -0.1) is 0 Å². The third-order valence-corrected chi connectivity index (χ3v) is 3.28. The molecule has 0 amide bonds. The standard InChI is InChI=1S/C10H18F3NO2S/c1-8(2,3)17(15)14-6-7-16-9(4,5)10(11,12)13/h6H,7H2,1-5H3. The van der Waals surface area contributed by atoms with Gasteiger partial charge in [-0.05, 0) is 34.6 Å². The molecule has 0 fully saturated rings. The van der Waals surface area contributed by atoms with E-state index in [1.807, 2.05) is 0 Å². The molecule has 0 saturated carbocycles. The Bertz CT molecular complexity index is 272. The summed E-state index contributed by atoms with van der Waals surface area (Å²) in [5.41, 5.74) is -2.23. The number of ether oxygens (including phenoxy) is 1. The molecule has 0 saturated heterocycles. The largest absolute Gasteiger partial charge is 0.591 e. The lowest BCUT2D eigenvalue weighted by molar-refractivity contribution is -0.258. The maximum atomic E-state index is 12.4. The Morgan fingerprint density at radius 3 is 2.00 bits per heavy atom. The SMILES string of the molecule is CC(C)(C)[S+]([O-])N=CCOC(C)(C)C(F)(F)F.